The lowest BCUT2D eigenvalue weighted by Gasteiger charge is -2.33. The summed E-state index contributed by atoms with van der Waals surface area (Å²) < 4.78 is 0. The van der Waals surface area contributed by atoms with E-state index in [1.54, 1.807) is 0 Å². The molecule has 2 N–H and O–H groups in total. The summed E-state index contributed by atoms with van der Waals surface area (Å²) in [6.07, 6.45) is 2.15. The van der Waals surface area contributed by atoms with Gasteiger partial charge >= 0.3 is 0 Å². The van der Waals surface area contributed by atoms with Gasteiger partial charge in [0.1, 0.15) is 0 Å². The molecule has 1 aliphatic carbocycles. The number of hydrogen-bond acceptors (Lipinski definition) is 2. The normalized spacial score (nSPS) is 19.2. The van der Waals surface area contributed by atoms with Gasteiger partial charge in [-0.05, 0) is 38.3 Å². The van der Waals surface area contributed by atoms with Gasteiger partial charge in [-0.3, -0.25) is 4.79 Å². The fraction of sp³-hybridized carbons (Fsp3) is 0.562. The summed E-state index contributed by atoms with van der Waals surface area (Å²) in [6, 6.07) is 7.93. The van der Waals surface area contributed by atoms with E-state index in [4.69, 9.17) is 17.3 Å². The number of nitrogens with two attached hydrogens (primary N) is 1. The van der Waals surface area contributed by atoms with E-state index in [0.29, 0.717) is 11.1 Å². The van der Waals surface area contributed by atoms with E-state index in [-0.39, 0.29) is 23.9 Å². The zero-order chi connectivity index (χ0) is 14.9. The molecule has 2 rings (SSSR count). The van der Waals surface area contributed by atoms with Crippen LogP contribution in [0.3, 0.4) is 0 Å². The van der Waals surface area contributed by atoms with Crippen molar-refractivity contribution in [3.05, 3.63) is 34.9 Å². The maximum absolute atomic E-state index is 12.7. The van der Waals surface area contributed by atoms with Gasteiger partial charge < -0.3 is 10.6 Å². The Labute approximate surface area is 126 Å². The number of rotatable bonds is 5. The van der Waals surface area contributed by atoms with E-state index in [9.17, 15) is 4.79 Å². The first kappa shape index (κ1) is 15.3. The maximum Gasteiger partial charge on any atom is 0.227 e. The lowest BCUT2D eigenvalue weighted by atomic mass is 9.99. The maximum atomic E-state index is 12.7. The van der Waals surface area contributed by atoms with Crippen molar-refractivity contribution in [1.82, 2.24) is 4.90 Å². The molecule has 110 valence electrons. The number of carbonyl (C=O) groups is 1. The van der Waals surface area contributed by atoms with E-state index >= 15 is 0 Å². The Morgan fingerprint density at radius 3 is 2.40 bits per heavy atom. The monoisotopic (exact) mass is 294 g/mol. The zero-order valence-corrected chi connectivity index (χ0v) is 13.1. The van der Waals surface area contributed by atoms with Gasteiger partial charge in [0.25, 0.3) is 0 Å². The van der Waals surface area contributed by atoms with E-state index in [1.807, 2.05) is 49.9 Å². The first-order chi connectivity index (χ1) is 9.43. The minimum atomic E-state index is -0.166. The molecule has 0 aromatic heterocycles. The van der Waals surface area contributed by atoms with E-state index in [0.717, 1.165) is 18.4 Å². The molecular formula is C16H23ClN2O. The van der Waals surface area contributed by atoms with Gasteiger partial charge in [-0.2, -0.15) is 0 Å². The largest absolute Gasteiger partial charge is 0.333 e. The van der Waals surface area contributed by atoms with Gasteiger partial charge in [0, 0.05) is 17.1 Å². The molecule has 1 aromatic rings. The Kier molecular flexibility index (Phi) is 4.71. The molecule has 1 aliphatic rings. The third kappa shape index (κ3) is 3.15. The molecule has 1 aromatic carbocycles. The number of hydrogen-bond donors (Lipinski definition) is 1. The molecule has 1 saturated carbocycles. The number of nitrogens with zero attached hydrogens (tertiary/aromatic N) is 1. The second-order valence-electron chi connectivity index (χ2n) is 5.82. The Bertz CT molecular complexity index is 485. The highest BCUT2D eigenvalue weighted by Gasteiger charge is 2.38. The number of benzene rings is 1. The standard InChI is InChI=1S/C16H23ClN2O/c1-10(11(2)18)16(20)19(13-8-9-13)12(3)14-6-4-5-7-15(14)17/h4-7,10-13H,8-9,18H2,1-3H3. The summed E-state index contributed by atoms with van der Waals surface area (Å²) in [4.78, 5) is 14.7. The Balaban J connectivity index is 2.25. The molecule has 0 saturated heterocycles. The van der Waals surface area contributed by atoms with E-state index in [1.165, 1.54) is 0 Å². The molecule has 3 atom stereocenters. The van der Waals surface area contributed by atoms with Crippen LogP contribution < -0.4 is 5.73 Å². The van der Waals surface area contributed by atoms with Crippen molar-refractivity contribution >= 4 is 17.5 Å². The van der Waals surface area contributed by atoms with Crippen LogP contribution in [0.4, 0.5) is 0 Å². The molecule has 20 heavy (non-hydrogen) atoms. The van der Waals surface area contributed by atoms with Crippen molar-refractivity contribution in [2.75, 3.05) is 0 Å². The lowest BCUT2D eigenvalue weighted by molar-refractivity contribution is -0.138. The minimum absolute atomic E-state index is 0.00935. The first-order valence-electron chi connectivity index (χ1n) is 7.25. The summed E-state index contributed by atoms with van der Waals surface area (Å²) in [6.45, 7) is 5.83. The van der Waals surface area contributed by atoms with E-state index in [2.05, 4.69) is 0 Å². The molecule has 3 unspecified atom stereocenters. The average Bonchev–Trinajstić information content (AvgIpc) is 3.22. The second kappa shape index (κ2) is 6.15. The molecule has 4 heteroatoms. The van der Waals surface area contributed by atoms with Gasteiger partial charge in [0.2, 0.25) is 5.91 Å². The number of carbonyl (C=O) groups excluding carboxylic acids is 1. The van der Waals surface area contributed by atoms with Crippen molar-refractivity contribution in [3.63, 3.8) is 0 Å². The predicted molar refractivity (Wildman–Crippen MR) is 82.5 cm³/mol. The molecule has 1 amide bonds. The van der Waals surface area contributed by atoms with Crippen molar-refractivity contribution in [2.45, 2.75) is 51.7 Å². The lowest BCUT2D eigenvalue weighted by Crippen LogP contribution is -2.44. The van der Waals surface area contributed by atoms with Crippen LogP contribution in [-0.4, -0.2) is 22.9 Å². The molecular weight excluding hydrogens is 272 g/mol. The quantitative estimate of drug-likeness (QED) is 0.905. The fourth-order valence-corrected chi connectivity index (χ4v) is 2.76. The van der Waals surface area contributed by atoms with Crippen LogP contribution in [-0.2, 0) is 4.79 Å². The van der Waals surface area contributed by atoms with Crippen LogP contribution >= 0.6 is 11.6 Å². The van der Waals surface area contributed by atoms with Crippen molar-refractivity contribution in [1.29, 1.82) is 0 Å². The molecule has 0 radical (unpaired) electrons. The second-order valence-corrected chi connectivity index (χ2v) is 6.23. The number of halogens is 1. The summed E-state index contributed by atoms with van der Waals surface area (Å²) in [7, 11) is 0. The molecule has 3 nitrogen and oxygen atoms in total. The minimum Gasteiger partial charge on any atom is -0.333 e. The van der Waals surface area contributed by atoms with Crippen molar-refractivity contribution in [3.8, 4) is 0 Å². The van der Waals surface area contributed by atoms with Crippen LogP contribution in [0.25, 0.3) is 0 Å². The van der Waals surface area contributed by atoms with Gasteiger partial charge in [-0.15, -0.1) is 0 Å². The molecule has 0 bridgehead atoms. The SMILES string of the molecule is CC(N)C(C)C(=O)N(C1CC1)C(C)c1ccccc1Cl. The smallest absolute Gasteiger partial charge is 0.227 e. The average molecular weight is 295 g/mol. The van der Waals surface area contributed by atoms with Crippen LogP contribution in [0.5, 0.6) is 0 Å². The molecule has 1 fully saturated rings. The highest BCUT2D eigenvalue weighted by Crippen LogP contribution is 2.37. The summed E-state index contributed by atoms with van der Waals surface area (Å²) in [5.41, 5.74) is 6.90. The first-order valence-corrected chi connectivity index (χ1v) is 7.63. The molecule has 0 heterocycles. The third-order valence-electron chi connectivity index (χ3n) is 4.15. The van der Waals surface area contributed by atoms with Crippen molar-refractivity contribution in [2.24, 2.45) is 11.7 Å². The summed E-state index contributed by atoms with van der Waals surface area (Å²) in [5, 5.41) is 0.715. The highest BCUT2D eigenvalue weighted by atomic mass is 35.5. The third-order valence-corrected chi connectivity index (χ3v) is 4.49. The summed E-state index contributed by atoms with van der Waals surface area (Å²) in [5.74, 6) is -0.0320. The molecule has 0 spiro atoms. The molecule has 0 aliphatic heterocycles. The van der Waals surface area contributed by atoms with Crippen LogP contribution in [0.15, 0.2) is 24.3 Å². The Morgan fingerprint density at radius 1 is 1.30 bits per heavy atom. The fourth-order valence-electron chi connectivity index (χ4n) is 2.46. The van der Waals surface area contributed by atoms with Crippen LogP contribution in [0.2, 0.25) is 5.02 Å². The summed E-state index contributed by atoms with van der Waals surface area (Å²) >= 11 is 6.27. The van der Waals surface area contributed by atoms with Gasteiger partial charge in [0.05, 0.1) is 12.0 Å². The zero-order valence-electron chi connectivity index (χ0n) is 12.3. The van der Waals surface area contributed by atoms with Gasteiger partial charge in [0.15, 0.2) is 0 Å². The topological polar surface area (TPSA) is 46.3 Å². The van der Waals surface area contributed by atoms with Gasteiger partial charge in [-0.1, -0.05) is 36.7 Å². The van der Waals surface area contributed by atoms with Crippen molar-refractivity contribution < 1.29 is 4.79 Å². The predicted octanol–water partition coefficient (Wildman–Crippen LogP) is 3.38. The van der Waals surface area contributed by atoms with Crippen LogP contribution in [0, 0.1) is 5.92 Å². The Morgan fingerprint density at radius 2 is 1.90 bits per heavy atom. The van der Waals surface area contributed by atoms with Gasteiger partial charge in [-0.25, -0.2) is 0 Å². The highest BCUT2D eigenvalue weighted by molar-refractivity contribution is 6.31. The van der Waals surface area contributed by atoms with E-state index < -0.39 is 0 Å². The number of amides is 1. The Hall–Kier alpha value is -1.06. The van der Waals surface area contributed by atoms with Crippen LogP contribution in [0.1, 0.15) is 45.2 Å².